The molecule has 2 rings (SSSR count). The summed E-state index contributed by atoms with van der Waals surface area (Å²) in [5.41, 5.74) is 6.18. The Morgan fingerprint density at radius 2 is 1.96 bits per heavy atom. The van der Waals surface area contributed by atoms with E-state index in [1.165, 1.54) is 11.8 Å². The average Bonchev–Trinajstić information content (AvgIpc) is 2.52. The molecule has 1 amide bonds. The lowest BCUT2D eigenvalue weighted by molar-refractivity contribution is -0.123. The average molecular weight is 312 g/mol. The number of phenols is 1. The summed E-state index contributed by atoms with van der Waals surface area (Å²) in [6.07, 6.45) is 1.40. The second-order valence-corrected chi connectivity index (χ2v) is 5.39. The number of ether oxygens (including phenoxy) is 1. The van der Waals surface area contributed by atoms with Crippen molar-refractivity contribution in [2.24, 2.45) is 5.10 Å². The van der Waals surface area contributed by atoms with Gasteiger partial charge in [-0.05, 0) is 56.2 Å². The van der Waals surface area contributed by atoms with Crippen LogP contribution in [0.25, 0.3) is 0 Å². The summed E-state index contributed by atoms with van der Waals surface area (Å²) in [5.74, 6) is 0.384. The van der Waals surface area contributed by atoms with E-state index in [9.17, 15) is 9.90 Å². The molecule has 5 nitrogen and oxygen atoms in total. The molecule has 0 aromatic heterocycles. The highest BCUT2D eigenvalue weighted by atomic mass is 16.5. The fraction of sp³-hybridized carbons (Fsp3) is 0.222. The first-order valence-corrected chi connectivity index (χ1v) is 7.27. The van der Waals surface area contributed by atoms with Crippen molar-refractivity contribution >= 4 is 12.1 Å². The molecular formula is C18H20N2O3. The number of amides is 1. The van der Waals surface area contributed by atoms with Gasteiger partial charge in [0.15, 0.2) is 6.61 Å². The molecule has 0 atom stereocenters. The van der Waals surface area contributed by atoms with Crippen LogP contribution in [0.1, 0.15) is 22.3 Å². The monoisotopic (exact) mass is 312 g/mol. The number of rotatable bonds is 5. The third-order valence-electron chi connectivity index (χ3n) is 3.42. The van der Waals surface area contributed by atoms with Gasteiger partial charge in [-0.3, -0.25) is 4.79 Å². The van der Waals surface area contributed by atoms with E-state index in [1.807, 2.05) is 39.0 Å². The van der Waals surface area contributed by atoms with E-state index >= 15 is 0 Å². The minimum atomic E-state index is -0.369. The van der Waals surface area contributed by atoms with Crippen LogP contribution >= 0.6 is 0 Å². The number of nitrogens with one attached hydrogen (secondary N) is 1. The van der Waals surface area contributed by atoms with Gasteiger partial charge in [0.25, 0.3) is 5.91 Å². The fourth-order valence-corrected chi connectivity index (χ4v) is 1.94. The fourth-order valence-electron chi connectivity index (χ4n) is 1.94. The van der Waals surface area contributed by atoms with Crippen LogP contribution in [0, 0.1) is 20.8 Å². The molecule has 0 aliphatic heterocycles. The van der Waals surface area contributed by atoms with E-state index in [1.54, 1.807) is 18.2 Å². The zero-order chi connectivity index (χ0) is 16.8. The molecule has 0 aliphatic rings. The van der Waals surface area contributed by atoms with Crippen molar-refractivity contribution in [2.75, 3.05) is 6.61 Å². The molecule has 0 spiro atoms. The minimum absolute atomic E-state index is 0.111. The van der Waals surface area contributed by atoms with E-state index in [2.05, 4.69) is 10.5 Å². The summed E-state index contributed by atoms with van der Waals surface area (Å²) in [6.45, 7) is 5.79. The number of nitrogens with zero attached hydrogens (tertiary/aromatic N) is 1. The summed E-state index contributed by atoms with van der Waals surface area (Å²) < 4.78 is 5.41. The zero-order valence-corrected chi connectivity index (χ0v) is 13.5. The number of phenolic OH excluding ortho intramolecular Hbond substituents is 1. The summed E-state index contributed by atoms with van der Waals surface area (Å²) in [4.78, 5) is 11.7. The van der Waals surface area contributed by atoms with Crippen LogP contribution in [0.5, 0.6) is 11.5 Å². The molecule has 0 aliphatic carbocycles. The van der Waals surface area contributed by atoms with Gasteiger partial charge in [-0.25, -0.2) is 5.43 Å². The number of carbonyl (C=O) groups excluding carboxylic acids is 1. The Kier molecular flexibility index (Phi) is 5.36. The van der Waals surface area contributed by atoms with Gasteiger partial charge >= 0.3 is 0 Å². The number of hydrogen-bond acceptors (Lipinski definition) is 4. The lowest BCUT2D eigenvalue weighted by Gasteiger charge is -2.07. The van der Waals surface area contributed by atoms with Crippen molar-refractivity contribution in [3.8, 4) is 11.5 Å². The molecule has 0 saturated carbocycles. The number of aromatic hydroxyl groups is 1. The van der Waals surface area contributed by atoms with E-state index in [4.69, 9.17) is 4.74 Å². The van der Waals surface area contributed by atoms with Crippen molar-refractivity contribution in [1.82, 2.24) is 5.43 Å². The third kappa shape index (κ3) is 4.85. The topological polar surface area (TPSA) is 70.9 Å². The van der Waals surface area contributed by atoms with Gasteiger partial charge in [0, 0.05) is 5.56 Å². The second kappa shape index (κ2) is 7.45. The van der Waals surface area contributed by atoms with Crippen LogP contribution < -0.4 is 10.2 Å². The van der Waals surface area contributed by atoms with E-state index < -0.39 is 0 Å². The Morgan fingerprint density at radius 1 is 1.17 bits per heavy atom. The smallest absolute Gasteiger partial charge is 0.277 e. The quantitative estimate of drug-likeness (QED) is 0.659. The highest BCUT2D eigenvalue weighted by Crippen LogP contribution is 2.16. The first-order valence-electron chi connectivity index (χ1n) is 7.27. The standard InChI is InChI=1S/C18H20N2O3/c1-12-4-7-17(21)15(8-12)10-19-20-18(22)11-23-16-6-5-13(2)14(3)9-16/h4-10,21H,11H2,1-3H3,(H,20,22)/b19-10+. The normalized spacial score (nSPS) is 10.7. The predicted octanol–water partition coefficient (Wildman–Crippen LogP) is 2.85. The third-order valence-corrected chi connectivity index (χ3v) is 3.42. The molecule has 0 fully saturated rings. The summed E-state index contributed by atoms with van der Waals surface area (Å²) in [5, 5.41) is 13.5. The van der Waals surface area contributed by atoms with Gasteiger partial charge in [-0.15, -0.1) is 0 Å². The van der Waals surface area contributed by atoms with Crippen LogP contribution in [0.4, 0.5) is 0 Å². The van der Waals surface area contributed by atoms with Gasteiger partial charge < -0.3 is 9.84 Å². The Hall–Kier alpha value is -2.82. The van der Waals surface area contributed by atoms with Crippen molar-refractivity contribution in [3.63, 3.8) is 0 Å². The zero-order valence-electron chi connectivity index (χ0n) is 13.5. The maximum atomic E-state index is 11.7. The molecule has 2 aromatic rings. The van der Waals surface area contributed by atoms with E-state index in [0.717, 1.165) is 11.1 Å². The van der Waals surface area contributed by atoms with E-state index in [-0.39, 0.29) is 18.3 Å². The molecule has 2 aromatic carbocycles. The predicted molar refractivity (Wildman–Crippen MR) is 90.0 cm³/mol. The minimum Gasteiger partial charge on any atom is -0.507 e. The molecule has 0 bridgehead atoms. The first-order chi connectivity index (χ1) is 11.0. The molecule has 23 heavy (non-hydrogen) atoms. The van der Waals surface area contributed by atoms with Gasteiger partial charge in [0.2, 0.25) is 0 Å². The molecule has 0 saturated heterocycles. The maximum Gasteiger partial charge on any atom is 0.277 e. The molecule has 2 N–H and O–H groups in total. The Labute approximate surface area is 135 Å². The summed E-state index contributed by atoms with van der Waals surface area (Å²) in [6, 6.07) is 10.8. The molecule has 0 radical (unpaired) electrons. The lowest BCUT2D eigenvalue weighted by Crippen LogP contribution is -2.24. The number of benzene rings is 2. The van der Waals surface area contributed by atoms with Crippen molar-refractivity contribution in [3.05, 3.63) is 58.7 Å². The van der Waals surface area contributed by atoms with Crippen LogP contribution in [-0.2, 0) is 4.79 Å². The Bertz CT molecular complexity index is 739. The highest BCUT2D eigenvalue weighted by Gasteiger charge is 2.03. The maximum absolute atomic E-state index is 11.7. The van der Waals surface area contributed by atoms with Crippen LogP contribution in [-0.4, -0.2) is 23.8 Å². The van der Waals surface area contributed by atoms with Crippen LogP contribution in [0.3, 0.4) is 0 Å². The van der Waals surface area contributed by atoms with Gasteiger partial charge in [-0.2, -0.15) is 5.10 Å². The van der Waals surface area contributed by atoms with Crippen molar-refractivity contribution in [2.45, 2.75) is 20.8 Å². The summed E-state index contributed by atoms with van der Waals surface area (Å²) in [7, 11) is 0. The number of aryl methyl sites for hydroxylation is 3. The lowest BCUT2D eigenvalue weighted by atomic mass is 10.1. The molecule has 5 heteroatoms. The molecule has 120 valence electrons. The van der Waals surface area contributed by atoms with Crippen molar-refractivity contribution in [1.29, 1.82) is 0 Å². The molecule has 0 unspecified atom stereocenters. The highest BCUT2D eigenvalue weighted by molar-refractivity contribution is 5.85. The number of hydrogen-bond donors (Lipinski definition) is 2. The first kappa shape index (κ1) is 16.5. The number of hydrazone groups is 1. The Morgan fingerprint density at radius 3 is 2.70 bits per heavy atom. The second-order valence-electron chi connectivity index (χ2n) is 5.39. The van der Waals surface area contributed by atoms with Gasteiger partial charge in [-0.1, -0.05) is 17.7 Å². The largest absolute Gasteiger partial charge is 0.507 e. The van der Waals surface area contributed by atoms with Crippen LogP contribution in [0.2, 0.25) is 0 Å². The SMILES string of the molecule is Cc1ccc(O)c(/C=N/NC(=O)COc2ccc(C)c(C)c2)c1. The van der Waals surface area contributed by atoms with E-state index in [0.29, 0.717) is 11.3 Å². The Balaban J connectivity index is 1.86. The van der Waals surface area contributed by atoms with Gasteiger partial charge in [0.05, 0.1) is 6.21 Å². The van der Waals surface area contributed by atoms with Gasteiger partial charge in [0.1, 0.15) is 11.5 Å². The van der Waals surface area contributed by atoms with Crippen LogP contribution in [0.15, 0.2) is 41.5 Å². The molecule has 0 heterocycles. The number of carbonyl (C=O) groups is 1. The molecular weight excluding hydrogens is 292 g/mol. The van der Waals surface area contributed by atoms with Crippen molar-refractivity contribution < 1.29 is 14.6 Å². The summed E-state index contributed by atoms with van der Waals surface area (Å²) >= 11 is 0.